The van der Waals surface area contributed by atoms with Crippen molar-refractivity contribution in [1.29, 1.82) is 0 Å². The summed E-state index contributed by atoms with van der Waals surface area (Å²) < 4.78 is 6.12. The van der Waals surface area contributed by atoms with Crippen LogP contribution in [0.4, 0.5) is 5.69 Å². The molecule has 1 unspecified atom stereocenters. The molecule has 28 heavy (non-hydrogen) atoms. The first-order valence-corrected chi connectivity index (χ1v) is 10.3. The maximum Gasteiger partial charge on any atom is 0.258 e. The normalized spacial score (nSPS) is 15.7. The van der Waals surface area contributed by atoms with Crippen LogP contribution in [0.5, 0.6) is 5.75 Å². The van der Waals surface area contributed by atoms with Gasteiger partial charge >= 0.3 is 0 Å². The molecule has 0 radical (unpaired) electrons. The van der Waals surface area contributed by atoms with Gasteiger partial charge in [-0.1, -0.05) is 69.0 Å². The van der Waals surface area contributed by atoms with E-state index in [1.54, 1.807) is 11.0 Å². The highest BCUT2D eigenvalue weighted by molar-refractivity contribution is 6.01. The molecule has 4 nitrogen and oxygen atoms in total. The minimum absolute atomic E-state index is 0.00798. The summed E-state index contributed by atoms with van der Waals surface area (Å²) in [5.74, 6) is 0.838. The van der Waals surface area contributed by atoms with Gasteiger partial charge in [-0.05, 0) is 24.6 Å². The fourth-order valence-electron chi connectivity index (χ4n) is 3.59. The highest BCUT2D eigenvalue weighted by atomic mass is 16.5. The van der Waals surface area contributed by atoms with Crippen LogP contribution in [0.25, 0.3) is 0 Å². The predicted molar refractivity (Wildman–Crippen MR) is 115 cm³/mol. The Morgan fingerprint density at radius 1 is 1.07 bits per heavy atom. The number of rotatable bonds is 10. The van der Waals surface area contributed by atoms with Crippen molar-refractivity contribution in [1.82, 2.24) is 4.90 Å². The Balaban J connectivity index is 1.79. The molecule has 2 aromatic rings. The molecule has 0 saturated carbocycles. The van der Waals surface area contributed by atoms with E-state index in [4.69, 9.17) is 4.74 Å². The van der Waals surface area contributed by atoms with Crippen LogP contribution < -0.4 is 10.1 Å². The number of hydrogen-bond acceptors (Lipinski definition) is 3. The van der Waals surface area contributed by atoms with E-state index in [1.807, 2.05) is 48.5 Å². The molecule has 1 atom stereocenters. The predicted octanol–water partition coefficient (Wildman–Crippen LogP) is 5.79. The van der Waals surface area contributed by atoms with Gasteiger partial charge < -0.3 is 15.0 Å². The van der Waals surface area contributed by atoms with Crippen LogP contribution in [-0.2, 0) is 0 Å². The number of unbranched alkanes of at least 4 members (excludes halogenated alkanes) is 4. The Morgan fingerprint density at radius 2 is 1.82 bits per heavy atom. The number of amides is 1. The fourth-order valence-corrected chi connectivity index (χ4v) is 3.59. The van der Waals surface area contributed by atoms with Crippen LogP contribution >= 0.6 is 0 Å². The number of carbonyl (C=O) groups is 1. The van der Waals surface area contributed by atoms with Gasteiger partial charge in [-0.25, -0.2) is 0 Å². The first-order chi connectivity index (χ1) is 13.8. The topological polar surface area (TPSA) is 41.6 Å². The summed E-state index contributed by atoms with van der Waals surface area (Å²) in [5.41, 5.74) is 2.52. The zero-order valence-corrected chi connectivity index (χ0v) is 16.7. The second kappa shape index (κ2) is 9.98. The number of anilines is 1. The Kier molecular flexibility index (Phi) is 7.12. The lowest BCUT2D eigenvalue weighted by Crippen LogP contribution is -2.43. The third-order valence-corrected chi connectivity index (χ3v) is 5.07. The monoisotopic (exact) mass is 378 g/mol. The van der Waals surface area contributed by atoms with Gasteiger partial charge in [0, 0.05) is 17.8 Å². The van der Waals surface area contributed by atoms with Crippen molar-refractivity contribution in [2.45, 2.75) is 45.2 Å². The number of hydrogen-bond donors (Lipinski definition) is 1. The van der Waals surface area contributed by atoms with Gasteiger partial charge in [0.2, 0.25) is 0 Å². The highest BCUT2D eigenvalue weighted by Gasteiger charge is 2.33. The van der Waals surface area contributed by atoms with Crippen molar-refractivity contribution in [2.75, 3.05) is 18.5 Å². The van der Waals surface area contributed by atoms with E-state index in [1.165, 1.54) is 25.7 Å². The second-order valence-electron chi connectivity index (χ2n) is 7.14. The molecule has 0 bridgehead atoms. The number of carbonyl (C=O) groups excluding carboxylic acids is 1. The molecule has 0 fully saturated rings. The third kappa shape index (κ3) is 4.56. The van der Waals surface area contributed by atoms with Crippen molar-refractivity contribution in [3.05, 3.63) is 72.3 Å². The van der Waals surface area contributed by atoms with Gasteiger partial charge in [-0.3, -0.25) is 4.79 Å². The lowest BCUT2D eigenvalue weighted by atomic mass is 10.0. The Morgan fingerprint density at radius 3 is 2.64 bits per heavy atom. The molecular weight excluding hydrogens is 348 g/mol. The number of nitrogens with one attached hydrogen (secondary N) is 1. The highest BCUT2D eigenvalue weighted by Crippen LogP contribution is 2.36. The van der Waals surface area contributed by atoms with E-state index in [-0.39, 0.29) is 12.1 Å². The molecule has 3 rings (SSSR count). The Labute approximate surface area is 168 Å². The lowest BCUT2D eigenvalue weighted by molar-refractivity contribution is 0.0705. The number of fused-ring (bicyclic) bond motifs is 1. The van der Waals surface area contributed by atoms with Crippen molar-refractivity contribution < 1.29 is 9.53 Å². The summed E-state index contributed by atoms with van der Waals surface area (Å²) in [5, 5.41) is 3.51. The van der Waals surface area contributed by atoms with E-state index >= 15 is 0 Å². The molecule has 0 saturated heterocycles. The minimum atomic E-state index is -0.281. The molecule has 2 aromatic carbocycles. The standard InChI is InChI=1S/C24H30N2O2/c1-3-5-6-7-12-18-28-22-16-11-9-14-20(22)23-25-21-15-10-8-13-19(21)24(27)26(23)17-4-2/h4,8-11,13-16,23,25H,2-3,5-7,12,17-18H2,1H3. The largest absolute Gasteiger partial charge is 0.493 e. The number of para-hydroxylation sites is 2. The van der Waals surface area contributed by atoms with Crippen molar-refractivity contribution in [2.24, 2.45) is 0 Å². The molecule has 1 aliphatic rings. The lowest BCUT2D eigenvalue weighted by Gasteiger charge is -2.38. The first kappa shape index (κ1) is 20.0. The molecule has 1 heterocycles. The maximum atomic E-state index is 13.1. The molecule has 1 aliphatic heterocycles. The molecule has 0 aliphatic carbocycles. The Bertz CT molecular complexity index is 803. The summed E-state index contributed by atoms with van der Waals surface area (Å²) in [7, 11) is 0. The van der Waals surface area contributed by atoms with Gasteiger partial charge in [-0.2, -0.15) is 0 Å². The molecule has 1 N–H and O–H groups in total. The first-order valence-electron chi connectivity index (χ1n) is 10.3. The van der Waals surface area contributed by atoms with Gasteiger partial charge in [-0.15, -0.1) is 6.58 Å². The van der Waals surface area contributed by atoms with Gasteiger partial charge in [0.1, 0.15) is 11.9 Å². The molecule has 1 amide bonds. The van der Waals surface area contributed by atoms with E-state index in [9.17, 15) is 4.79 Å². The van der Waals surface area contributed by atoms with Crippen LogP contribution in [0, 0.1) is 0 Å². The number of benzene rings is 2. The number of nitrogens with zero attached hydrogens (tertiary/aromatic N) is 1. The van der Waals surface area contributed by atoms with Crippen molar-refractivity contribution in [3.8, 4) is 5.75 Å². The van der Waals surface area contributed by atoms with E-state index < -0.39 is 0 Å². The van der Waals surface area contributed by atoms with E-state index in [2.05, 4.69) is 18.8 Å². The average molecular weight is 379 g/mol. The molecule has 0 spiro atoms. The van der Waals surface area contributed by atoms with E-state index in [0.717, 1.165) is 23.4 Å². The Hall–Kier alpha value is -2.75. The van der Waals surface area contributed by atoms with Crippen LogP contribution in [0.15, 0.2) is 61.2 Å². The summed E-state index contributed by atoms with van der Waals surface area (Å²) in [6, 6.07) is 15.6. The van der Waals surface area contributed by atoms with Gasteiger partial charge in [0.25, 0.3) is 5.91 Å². The molecular formula is C24H30N2O2. The molecule has 0 aromatic heterocycles. The minimum Gasteiger partial charge on any atom is -0.493 e. The second-order valence-corrected chi connectivity index (χ2v) is 7.14. The van der Waals surface area contributed by atoms with Gasteiger partial charge in [0.05, 0.1) is 12.2 Å². The van der Waals surface area contributed by atoms with Crippen LogP contribution in [0.2, 0.25) is 0 Å². The van der Waals surface area contributed by atoms with Crippen molar-refractivity contribution in [3.63, 3.8) is 0 Å². The molecule has 148 valence electrons. The fraction of sp³-hybridized carbons (Fsp3) is 0.375. The average Bonchev–Trinajstić information content (AvgIpc) is 2.73. The smallest absolute Gasteiger partial charge is 0.258 e. The van der Waals surface area contributed by atoms with Crippen LogP contribution in [-0.4, -0.2) is 24.0 Å². The van der Waals surface area contributed by atoms with E-state index in [0.29, 0.717) is 18.7 Å². The van der Waals surface area contributed by atoms with Crippen LogP contribution in [0.1, 0.15) is 61.1 Å². The summed E-state index contributed by atoms with van der Waals surface area (Å²) in [6.45, 7) is 7.21. The van der Waals surface area contributed by atoms with Crippen LogP contribution in [0.3, 0.4) is 0 Å². The SMILES string of the molecule is C=CCN1C(=O)c2ccccc2NC1c1ccccc1OCCCCCCC. The third-order valence-electron chi connectivity index (χ3n) is 5.07. The molecule has 4 heteroatoms. The van der Waals surface area contributed by atoms with Gasteiger partial charge in [0.15, 0.2) is 0 Å². The summed E-state index contributed by atoms with van der Waals surface area (Å²) >= 11 is 0. The summed E-state index contributed by atoms with van der Waals surface area (Å²) in [4.78, 5) is 14.9. The summed E-state index contributed by atoms with van der Waals surface area (Å²) in [6.07, 6.45) is 7.49. The zero-order valence-electron chi connectivity index (χ0n) is 16.7. The quantitative estimate of drug-likeness (QED) is 0.420. The zero-order chi connectivity index (χ0) is 19.8. The maximum absolute atomic E-state index is 13.1. The van der Waals surface area contributed by atoms with Crippen molar-refractivity contribution >= 4 is 11.6 Å². The number of ether oxygens (including phenoxy) is 1.